The first-order chi connectivity index (χ1) is 13.6. The first kappa shape index (κ1) is 21.9. The predicted octanol–water partition coefficient (Wildman–Crippen LogP) is 4.06. The van der Waals surface area contributed by atoms with Gasteiger partial charge in [0.25, 0.3) is 0 Å². The summed E-state index contributed by atoms with van der Waals surface area (Å²) < 4.78 is 0. The fraction of sp³-hybridized carbons (Fsp3) is 0.478. The molecular weight excluding hydrogens is 354 g/mol. The van der Waals surface area contributed by atoms with Crippen molar-refractivity contribution < 1.29 is 19.8 Å². The number of carboxylic acids is 1. The number of hydrogen-bond donors (Lipinski definition) is 3. The van der Waals surface area contributed by atoms with Gasteiger partial charge in [-0.15, -0.1) is 0 Å². The van der Waals surface area contributed by atoms with Crippen LogP contribution in [0.5, 0.6) is 0 Å². The average Bonchev–Trinajstić information content (AvgIpc) is 2.69. The normalized spacial score (nSPS) is 12.0. The number of amides is 1. The molecule has 0 spiro atoms. The van der Waals surface area contributed by atoms with Gasteiger partial charge in [-0.05, 0) is 29.2 Å². The van der Waals surface area contributed by atoms with Crippen molar-refractivity contribution in [2.24, 2.45) is 0 Å². The van der Waals surface area contributed by atoms with Gasteiger partial charge in [-0.1, -0.05) is 74.6 Å². The number of fused-ring (bicyclic) bond motifs is 1. The van der Waals surface area contributed by atoms with Gasteiger partial charge in [0.2, 0.25) is 5.91 Å². The zero-order valence-electron chi connectivity index (χ0n) is 16.4. The van der Waals surface area contributed by atoms with Gasteiger partial charge >= 0.3 is 5.97 Å². The van der Waals surface area contributed by atoms with Crippen molar-refractivity contribution in [2.45, 2.75) is 63.8 Å². The van der Waals surface area contributed by atoms with Gasteiger partial charge in [-0.2, -0.15) is 0 Å². The van der Waals surface area contributed by atoms with Crippen LogP contribution < -0.4 is 5.32 Å². The fourth-order valence-electron chi connectivity index (χ4n) is 3.35. The SMILES string of the molecule is O=C(CCCCCCCCCO)NC(Cc1ccc2ccccc2c1)C(=O)O. The first-order valence-corrected chi connectivity index (χ1v) is 10.2. The van der Waals surface area contributed by atoms with E-state index in [9.17, 15) is 14.7 Å². The maximum absolute atomic E-state index is 12.1. The Morgan fingerprint density at radius 3 is 2.18 bits per heavy atom. The molecule has 0 bridgehead atoms. The molecule has 1 unspecified atom stereocenters. The lowest BCUT2D eigenvalue weighted by atomic mass is 10.0. The standard InChI is InChI=1S/C23H31NO4/c25-15-9-5-3-1-2-4-6-12-22(26)24-21(23(27)28)17-18-13-14-19-10-7-8-11-20(19)16-18/h7-8,10-11,13-14,16,21,25H,1-6,9,12,15,17H2,(H,24,26)(H,27,28). The number of rotatable bonds is 13. The summed E-state index contributed by atoms with van der Waals surface area (Å²) in [7, 11) is 0. The molecule has 0 aliphatic rings. The van der Waals surface area contributed by atoms with Crippen LogP contribution in [0.3, 0.4) is 0 Å². The summed E-state index contributed by atoms with van der Waals surface area (Å²) in [5.74, 6) is -1.21. The van der Waals surface area contributed by atoms with E-state index in [1.54, 1.807) is 0 Å². The summed E-state index contributed by atoms with van der Waals surface area (Å²) in [5.41, 5.74) is 0.897. The molecule has 0 heterocycles. The number of unbranched alkanes of at least 4 members (excludes halogenated alkanes) is 6. The van der Waals surface area contributed by atoms with Crippen LogP contribution in [0, 0.1) is 0 Å². The lowest BCUT2D eigenvalue weighted by Crippen LogP contribution is -2.42. The Morgan fingerprint density at radius 1 is 0.857 bits per heavy atom. The van der Waals surface area contributed by atoms with Gasteiger partial charge < -0.3 is 15.5 Å². The summed E-state index contributed by atoms with van der Waals surface area (Å²) in [6.07, 6.45) is 7.57. The molecule has 1 amide bonds. The minimum Gasteiger partial charge on any atom is -0.480 e. The zero-order valence-corrected chi connectivity index (χ0v) is 16.4. The Kier molecular flexibility index (Phi) is 9.49. The van der Waals surface area contributed by atoms with Gasteiger partial charge in [0.05, 0.1) is 0 Å². The minimum atomic E-state index is -1.01. The molecule has 0 aromatic heterocycles. The molecule has 0 saturated heterocycles. The number of aliphatic carboxylic acids is 1. The van der Waals surface area contributed by atoms with Crippen LogP contribution in [0.1, 0.15) is 56.9 Å². The molecule has 2 rings (SSSR count). The third kappa shape index (κ3) is 7.69. The van der Waals surface area contributed by atoms with Gasteiger partial charge in [0.1, 0.15) is 6.04 Å². The number of hydrogen-bond acceptors (Lipinski definition) is 3. The highest BCUT2D eigenvalue weighted by atomic mass is 16.4. The molecule has 0 aliphatic heterocycles. The molecule has 152 valence electrons. The third-order valence-corrected chi connectivity index (χ3v) is 4.95. The van der Waals surface area contributed by atoms with E-state index in [0.717, 1.165) is 61.3 Å². The number of aliphatic hydroxyl groups is 1. The molecule has 0 radical (unpaired) electrons. The quantitative estimate of drug-likeness (QED) is 0.454. The van der Waals surface area contributed by atoms with Crippen LogP contribution in [0.4, 0.5) is 0 Å². The molecule has 3 N–H and O–H groups in total. The summed E-state index contributed by atoms with van der Waals surface area (Å²) in [6.45, 7) is 0.254. The first-order valence-electron chi connectivity index (χ1n) is 10.2. The number of benzene rings is 2. The average molecular weight is 386 g/mol. The topological polar surface area (TPSA) is 86.6 Å². The molecule has 2 aromatic carbocycles. The van der Waals surface area contributed by atoms with E-state index in [1.165, 1.54) is 0 Å². The fourth-order valence-corrected chi connectivity index (χ4v) is 3.35. The van der Waals surface area contributed by atoms with Crippen LogP contribution in [-0.4, -0.2) is 34.7 Å². The van der Waals surface area contributed by atoms with E-state index >= 15 is 0 Å². The Hall–Kier alpha value is -2.40. The zero-order chi connectivity index (χ0) is 20.2. The molecule has 1 atom stereocenters. The van der Waals surface area contributed by atoms with Gasteiger partial charge in [0.15, 0.2) is 0 Å². The Bertz CT molecular complexity index is 759. The molecule has 0 aliphatic carbocycles. The maximum atomic E-state index is 12.1. The van der Waals surface area contributed by atoms with Crippen molar-refractivity contribution in [3.8, 4) is 0 Å². The Labute approximate surface area is 166 Å². The Balaban J connectivity index is 1.75. The van der Waals surface area contributed by atoms with Gasteiger partial charge in [-0.25, -0.2) is 4.79 Å². The molecule has 28 heavy (non-hydrogen) atoms. The maximum Gasteiger partial charge on any atom is 0.326 e. The van der Waals surface area contributed by atoms with E-state index < -0.39 is 12.0 Å². The van der Waals surface area contributed by atoms with E-state index in [1.807, 2.05) is 42.5 Å². The van der Waals surface area contributed by atoms with Crippen LogP contribution in [0.15, 0.2) is 42.5 Å². The molecule has 0 saturated carbocycles. The summed E-state index contributed by atoms with van der Waals surface area (Å²) in [6, 6.07) is 12.9. The number of carbonyl (C=O) groups excluding carboxylic acids is 1. The molecule has 5 nitrogen and oxygen atoms in total. The lowest BCUT2D eigenvalue weighted by Gasteiger charge is -2.15. The lowest BCUT2D eigenvalue weighted by molar-refractivity contribution is -0.141. The van der Waals surface area contributed by atoms with Crippen molar-refractivity contribution >= 4 is 22.6 Å². The van der Waals surface area contributed by atoms with Crippen LogP contribution in [0.2, 0.25) is 0 Å². The smallest absolute Gasteiger partial charge is 0.326 e. The van der Waals surface area contributed by atoms with Crippen molar-refractivity contribution in [3.05, 3.63) is 48.0 Å². The van der Waals surface area contributed by atoms with Crippen molar-refractivity contribution in [1.82, 2.24) is 5.32 Å². The molecule has 0 fully saturated rings. The van der Waals surface area contributed by atoms with Crippen molar-refractivity contribution in [3.63, 3.8) is 0 Å². The second-order valence-electron chi connectivity index (χ2n) is 7.29. The highest BCUT2D eigenvalue weighted by molar-refractivity contribution is 5.85. The van der Waals surface area contributed by atoms with Crippen LogP contribution >= 0.6 is 0 Å². The third-order valence-electron chi connectivity index (χ3n) is 4.95. The minimum absolute atomic E-state index is 0.200. The molecule has 2 aromatic rings. The van der Waals surface area contributed by atoms with Crippen molar-refractivity contribution in [2.75, 3.05) is 6.61 Å². The highest BCUT2D eigenvalue weighted by Crippen LogP contribution is 2.17. The summed E-state index contributed by atoms with van der Waals surface area (Å²) in [4.78, 5) is 23.7. The van der Waals surface area contributed by atoms with Crippen LogP contribution in [-0.2, 0) is 16.0 Å². The van der Waals surface area contributed by atoms with Gasteiger partial charge in [-0.3, -0.25) is 4.79 Å². The predicted molar refractivity (Wildman–Crippen MR) is 111 cm³/mol. The number of carboxylic acid groups (broad SMARTS) is 1. The van der Waals surface area contributed by atoms with E-state index in [-0.39, 0.29) is 18.9 Å². The molecular formula is C23H31NO4. The number of carbonyl (C=O) groups is 2. The number of nitrogens with one attached hydrogen (secondary N) is 1. The Morgan fingerprint density at radius 2 is 1.50 bits per heavy atom. The van der Waals surface area contributed by atoms with Crippen molar-refractivity contribution in [1.29, 1.82) is 0 Å². The summed E-state index contributed by atoms with van der Waals surface area (Å²) in [5, 5.41) is 23.0. The summed E-state index contributed by atoms with van der Waals surface area (Å²) >= 11 is 0. The van der Waals surface area contributed by atoms with Gasteiger partial charge in [0, 0.05) is 19.4 Å². The largest absolute Gasteiger partial charge is 0.480 e. The second-order valence-corrected chi connectivity index (χ2v) is 7.29. The molecule has 5 heteroatoms. The van der Waals surface area contributed by atoms with Crippen LogP contribution in [0.25, 0.3) is 10.8 Å². The van der Waals surface area contributed by atoms with E-state index in [0.29, 0.717) is 6.42 Å². The second kappa shape index (κ2) is 12.1. The monoisotopic (exact) mass is 385 g/mol. The number of aliphatic hydroxyl groups excluding tert-OH is 1. The van der Waals surface area contributed by atoms with E-state index in [2.05, 4.69) is 5.32 Å². The van der Waals surface area contributed by atoms with E-state index in [4.69, 9.17) is 5.11 Å². The highest BCUT2D eigenvalue weighted by Gasteiger charge is 2.20.